The largest absolute Gasteiger partial charge is 0.491 e. The minimum Gasteiger partial charge on any atom is -0.491 e. The fraction of sp³-hybridized carbons (Fsp3) is 0.163. The van der Waals surface area contributed by atoms with Crippen molar-refractivity contribution in [3.63, 3.8) is 0 Å². The molecule has 0 aliphatic carbocycles. The van der Waals surface area contributed by atoms with Gasteiger partial charge in [0.15, 0.2) is 0 Å². The highest BCUT2D eigenvalue weighted by atomic mass is 32.2. The third-order valence-electron chi connectivity index (χ3n) is 7.55. The number of hydrogen-bond acceptors (Lipinski definition) is 5. The molecule has 0 atom stereocenters. The van der Waals surface area contributed by atoms with Gasteiger partial charge in [-0.1, -0.05) is 92.5 Å². The van der Waals surface area contributed by atoms with Crippen molar-refractivity contribution < 1.29 is 9.47 Å². The SMILES string of the molecule is CC(C)Oc1ccc(Sc2ccc(-c3ccc(Sc4ccc(Oc5ccc(Sc6ccc(C(C)(C)C)cc6)cc5)cc4)cc3)cc2)cc1. The minimum atomic E-state index is 0.164. The average molecular weight is 685 g/mol. The molecule has 0 aliphatic heterocycles. The Labute approximate surface area is 298 Å². The Kier molecular flexibility index (Phi) is 10.9. The molecular weight excluding hydrogens is 645 g/mol. The molecule has 0 heterocycles. The zero-order chi connectivity index (χ0) is 33.5. The first-order valence-corrected chi connectivity index (χ1v) is 18.6. The van der Waals surface area contributed by atoms with Gasteiger partial charge in [0.05, 0.1) is 6.10 Å². The molecule has 2 nitrogen and oxygen atoms in total. The van der Waals surface area contributed by atoms with Crippen molar-refractivity contribution >= 4 is 35.3 Å². The summed E-state index contributed by atoms with van der Waals surface area (Å²) in [6.07, 6.45) is 0.179. The van der Waals surface area contributed by atoms with Gasteiger partial charge in [-0.15, -0.1) is 0 Å². The van der Waals surface area contributed by atoms with Crippen LogP contribution in [0.4, 0.5) is 0 Å². The lowest BCUT2D eigenvalue weighted by molar-refractivity contribution is 0.242. The Hall–Kier alpha value is -4.03. The molecule has 0 fully saturated rings. The summed E-state index contributed by atoms with van der Waals surface area (Å²) in [7, 11) is 0. The third-order valence-corrected chi connectivity index (χ3v) is 10.6. The van der Waals surface area contributed by atoms with Crippen LogP contribution in [-0.2, 0) is 5.41 Å². The van der Waals surface area contributed by atoms with E-state index in [1.54, 1.807) is 35.3 Å². The van der Waals surface area contributed by atoms with Gasteiger partial charge >= 0.3 is 0 Å². The monoisotopic (exact) mass is 684 g/mol. The fourth-order valence-corrected chi connectivity index (χ4v) is 7.46. The van der Waals surface area contributed by atoms with E-state index in [9.17, 15) is 0 Å². The summed E-state index contributed by atoms with van der Waals surface area (Å²) in [5.41, 5.74) is 3.93. The molecule has 0 saturated heterocycles. The van der Waals surface area contributed by atoms with Crippen molar-refractivity contribution in [2.75, 3.05) is 0 Å². The molecule has 6 aromatic carbocycles. The molecule has 0 aromatic heterocycles. The van der Waals surface area contributed by atoms with Crippen molar-refractivity contribution in [3.8, 4) is 28.4 Å². The molecule has 0 unspecified atom stereocenters. The van der Waals surface area contributed by atoms with Gasteiger partial charge in [-0.25, -0.2) is 0 Å². The third kappa shape index (κ3) is 9.53. The normalized spacial score (nSPS) is 11.5. The van der Waals surface area contributed by atoms with Gasteiger partial charge in [-0.3, -0.25) is 0 Å². The summed E-state index contributed by atoms with van der Waals surface area (Å²) in [5.74, 6) is 2.56. The van der Waals surface area contributed by atoms with Crippen LogP contribution in [-0.4, -0.2) is 6.10 Å². The first-order valence-electron chi connectivity index (χ1n) is 16.2. The molecule has 6 aromatic rings. The van der Waals surface area contributed by atoms with Crippen LogP contribution < -0.4 is 9.47 Å². The number of benzene rings is 6. The lowest BCUT2D eigenvalue weighted by Crippen LogP contribution is -2.10. The second kappa shape index (κ2) is 15.5. The van der Waals surface area contributed by atoms with E-state index in [-0.39, 0.29) is 11.5 Å². The second-order valence-corrected chi connectivity index (χ2v) is 16.3. The van der Waals surface area contributed by atoms with Gasteiger partial charge in [0.2, 0.25) is 0 Å². The van der Waals surface area contributed by atoms with E-state index in [1.165, 1.54) is 46.1 Å². The molecule has 6 rings (SSSR count). The van der Waals surface area contributed by atoms with Crippen LogP contribution >= 0.6 is 35.3 Å². The molecule has 5 heteroatoms. The Morgan fingerprint density at radius 2 is 0.688 bits per heavy atom. The van der Waals surface area contributed by atoms with Crippen molar-refractivity contribution in [2.24, 2.45) is 0 Å². The van der Waals surface area contributed by atoms with E-state index in [2.05, 4.69) is 130 Å². The highest BCUT2D eigenvalue weighted by Crippen LogP contribution is 2.35. The molecule has 0 radical (unpaired) electrons. The van der Waals surface area contributed by atoms with Crippen molar-refractivity contribution in [1.29, 1.82) is 0 Å². The summed E-state index contributed by atoms with van der Waals surface area (Å²) in [6, 6.07) is 51.2. The van der Waals surface area contributed by atoms with Gasteiger partial charge in [0.1, 0.15) is 17.2 Å². The van der Waals surface area contributed by atoms with Gasteiger partial charge in [-0.05, 0) is 145 Å². The molecule has 242 valence electrons. The number of hydrogen-bond donors (Lipinski definition) is 0. The summed E-state index contributed by atoms with van der Waals surface area (Å²) < 4.78 is 11.9. The van der Waals surface area contributed by atoms with Crippen molar-refractivity contribution in [1.82, 2.24) is 0 Å². The molecular formula is C43H40O2S3. The first-order chi connectivity index (χ1) is 23.2. The van der Waals surface area contributed by atoms with Crippen LogP contribution in [0.3, 0.4) is 0 Å². The van der Waals surface area contributed by atoms with Crippen molar-refractivity contribution in [2.45, 2.75) is 75.5 Å². The second-order valence-electron chi connectivity index (χ2n) is 12.8. The van der Waals surface area contributed by atoms with Crippen molar-refractivity contribution in [3.05, 3.63) is 151 Å². The molecule has 0 spiro atoms. The first kappa shape index (κ1) is 33.9. The summed E-state index contributed by atoms with van der Waals surface area (Å²) >= 11 is 5.27. The zero-order valence-electron chi connectivity index (χ0n) is 28.0. The topological polar surface area (TPSA) is 18.5 Å². The van der Waals surface area contributed by atoms with E-state index in [0.717, 1.165) is 17.2 Å². The lowest BCUT2D eigenvalue weighted by atomic mass is 9.87. The predicted molar refractivity (Wildman–Crippen MR) is 205 cm³/mol. The maximum absolute atomic E-state index is 6.14. The van der Waals surface area contributed by atoms with E-state index in [4.69, 9.17) is 9.47 Å². The Bertz CT molecular complexity index is 1890. The van der Waals surface area contributed by atoms with Gasteiger partial charge < -0.3 is 9.47 Å². The number of rotatable bonds is 11. The van der Waals surface area contributed by atoms with Crippen LogP contribution in [0.5, 0.6) is 17.2 Å². The molecule has 0 aliphatic rings. The van der Waals surface area contributed by atoms with Gasteiger partial charge in [0, 0.05) is 29.4 Å². The van der Waals surface area contributed by atoms with Gasteiger partial charge in [0.25, 0.3) is 0 Å². The van der Waals surface area contributed by atoms with Crippen LogP contribution in [0.2, 0.25) is 0 Å². The van der Waals surface area contributed by atoms with Crippen LogP contribution in [0, 0.1) is 0 Å². The predicted octanol–water partition coefficient (Wildman–Crippen LogP) is 13.7. The van der Waals surface area contributed by atoms with E-state index >= 15 is 0 Å². The standard InChI is InChI=1S/C43H40O2S3/c1-30(2)44-34-12-24-40(25-13-34)46-37-18-6-31(7-19-37)32-8-20-38(21-9-32)47-41-26-14-35(15-27-41)45-36-16-28-42(29-17-36)48-39-22-10-33(11-23-39)43(3,4)5/h6-30H,1-5H3. The van der Waals surface area contributed by atoms with Crippen LogP contribution in [0.1, 0.15) is 40.2 Å². The maximum atomic E-state index is 6.14. The highest BCUT2D eigenvalue weighted by Gasteiger charge is 2.13. The van der Waals surface area contributed by atoms with Crippen LogP contribution in [0.15, 0.2) is 175 Å². The quantitative estimate of drug-likeness (QED) is 0.135. The Morgan fingerprint density at radius 1 is 0.396 bits per heavy atom. The maximum Gasteiger partial charge on any atom is 0.127 e. The van der Waals surface area contributed by atoms with E-state index < -0.39 is 0 Å². The molecule has 0 amide bonds. The van der Waals surface area contributed by atoms with Crippen LogP contribution in [0.25, 0.3) is 11.1 Å². The minimum absolute atomic E-state index is 0.164. The van der Waals surface area contributed by atoms with Gasteiger partial charge in [-0.2, -0.15) is 0 Å². The summed E-state index contributed by atoms with van der Waals surface area (Å²) in [4.78, 5) is 7.20. The highest BCUT2D eigenvalue weighted by molar-refractivity contribution is 7.99. The summed E-state index contributed by atoms with van der Waals surface area (Å²) in [6.45, 7) is 10.8. The Morgan fingerprint density at radius 3 is 1.00 bits per heavy atom. The molecule has 0 bridgehead atoms. The molecule has 0 N–H and O–H groups in total. The van der Waals surface area contributed by atoms with E-state index in [0.29, 0.717) is 0 Å². The Balaban J connectivity index is 0.990. The van der Waals surface area contributed by atoms with E-state index in [1.807, 2.05) is 50.2 Å². The average Bonchev–Trinajstić information content (AvgIpc) is 3.08. The lowest BCUT2D eigenvalue weighted by Gasteiger charge is -2.19. The summed E-state index contributed by atoms with van der Waals surface area (Å²) in [5, 5.41) is 0. The molecule has 0 saturated carbocycles. The smallest absolute Gasteiger partial charge is 0.127 e. The molecule has 48 heavy (non-hydrogen) atoms. The number of ether oxygens (including phenoxy) is 2. The zero-order valence-corrected chi connectivity index (χ0v) is 30.4. The fourth-order valence-electron chi connectivity index (χ4n) is 5.01.